The Hall–Kier alpha value is -1.35. The highest BCUT2D eigenvalue weighted by Gasteiger charge is 2.14. The van der Waals surface area contributed by atoms with Crippen LogP contribution in [-0.4, -0.2) is 16.1 Å². The fraction of sp³-hybridized carbons (Fsp3) is 0.533. The largest absolute Gasteiger partial charge is 0.331 e. The van der Waals surface area contributed by atoms with Crippen molar-refractivity contribution in [2.24, 2.45) is 12.8 Å². The second-order valence-electron chi connectivity index (χ2n) is 5.30. The average molecular weight is 243 g/mol. The second-order valence-corrected chi connectivity index (χ2v) is 5.30. The first-order valence-corrected chi connectivity index (χ1v) is 6.97. The molecule has 18 heavy (non-hydrogen) atoms. The number of aromatic nitrogens is 2. The summed E-state index contributed by atoms with van der Waals surface area (Å²) in [6.45, 7) is 0.736. The monoisotopic (exact) mass is 243 g/mol. The summed E-state index contributed by atoms with van der Waals surface area (Å²) < 4.78 is 2.24. The molecule has 1 aromatic carbocycles. The zero-order valence-electron chi connectivity index (χ0n) is 11.1. The highest BCUT2D eigenvalue weighted by molar-refractivity contribution is 5.78. The SMILES string of the molecule is Cn1c(CCCN)nc2cc3c(cc21)CCCC3. The highest BCUT2D eigenvalue weighted by atomic mass is 15.1. The van der Waals surface area contributed by atoms with Gasteiger partial charge in [-0.1, -0.05) is 0 Å². The van der Waals surface area contributed by atoms with E-state index in [0.29, 0.717) is 0 Å². The third-order valence-corrected chi connectivity index (χ3v) is 4.04. The minimum absolute atomic E-state index is 0.736. The summed E-state index contributed by atoms with van der Waals surface area (Å²) in [6, 6.07) is 4.65. The van der Waals surface area contributed by atoms with Crippen molar-refractivity contribution in [3.8, 4) is 0 Å². The van der Waals surface area contributed by atoms with E-state index in [1.54, 1.807) is 0 Å². The van der Waals surface area contributed by atoms with E-state index in [-0.39, 0.29) is 0 Å². The van der Waals surface area contributed by atoms with Gasteiger partial charge in [-0.25, -0.2) is 4.98 Å². The van der Waals surface area contributed by atoms with Crippen molar-refractivity contribution >= 4 is 11.0 Å². The average Bonchev–Trinajstić information content (AvgIpc) is 2.70. The minimum atomic E-state index is 0.736. The molecule has 96 valence electrons. The lowest BCUT2D eigenvalue weighted by molar-refractivity contribution is 0.686. The van der Waals surface area contributed by atoms with E-state index in [9.17, 15) is 0 Å². The standard InChI is InChI=1S/C15H21N3/c1-18-14-10-12-6-3-2-5-11(12)9-13(14)17-15(18)7-4-8-16/h9-10H,2-8,16H2,1H3. The maximum atomic E-state index is 5.58. The number of hydrogen-bond acceptors (Lipinski definition) is 2. The predicted octanol–water partition coefficient (Wildman–Crippen LogP) is 2.34. The van der Waals surface area contributed by atoms with Gasteiger partial charge in [0.15, 0.2) is 0 Å². The van der Waals surface area contributed by atoms with Crippen molar-refractivity contribution in [1.82, 2.24) is 9.55 Å². The molecule has 3 heteroatoms. The number of aryl methyl sites for hydroxylation is 4. The van der Waals surface area contributed by atoms with Crippen LogP contribution in [0.25, 0.3) is 11.0 Å². The first-order valence-electron chi connectivity index (χ1n) is 6.97. The van der Waals surface area contributed by atoms with Crippen molar-refractivity contribution < 1.29 is 0 Å². The Labute approximate surface area is 108 Å². The van der Waals surface area contributed by atoms with Gasteiger partial charge in [-0.3, -0.25) is 0 Å². The van der Waals surface area contributed by atoms with Gasteiger partial charge < -0.3 is 10.3 Å². The Balaban J connectivity index is 2.06. The molecule has 1 heterocycles. The van der Waals surface area contributed by atoms with Gasteiger partial charge in [0, 0.05) is 13.5 Å². The van der Waals surface area contributed by atoms with Gasteiger partial charge in [-0.05, 0) is 61.9 Å². The molecule has 1 aliphatic rings. The topological polar surface area (TPSA) is 43.8 Å². The van der Waals surface area contributed by atoms with Crippen LogP contribution < -0.4 is 5.73 Å². The molecule has 0 bridgehead atoms. The maximum Gasteiger partial charge on any atom is 0.109 e. The molecule has 0 saturated carbocycles. The molecule has 1 aliphatic carbocycles. The highest BCUT2D eigenvalue weighted by Crippen LogP contribution is 2.26. The Morgan fingerprint density at radius 2 is 1.94 bits per heavy atom. The van der Waals surface area contributed by atoms with E-state index in [2.05, 4.69) is 23.7 Å². The number of rotatable bonds is 3. The fourth-order valence-electron chi connectivity index (χ4n) is 2.95. The Kier molecular flexibility index (Phi) is 3.08. The van der Waals surface area contributed by atoms with E-state index < -0.39 is 0 Å². The van der Waals surface area contributed by atoms with E-state index in [0.717, 1.165) is 30.7 Å². The number of hydrogen-bond donors (Lipinski definition) is 1. The molecular formula is C15H21N3. The van der Waals surface area contributed by atoms with Crippen LogP contribution in [0.3, 0.4) is 0 Å². The van der Waals surface area contributed by atoms with Crippen molar-refractivity contribution in [3.63, 3.8) is 0 Å². The van der Waals surface area contributed by atoms with Gasteiger partial charge in [0.2, 0.25) is 0 Å². The van der Waals surface area contributed by atoms with Crippen LogP contribution in [0.15, 0.2) is 12.1 Å². The van der Waals surface area contributed by atoms with Crippen LogP contribution in [0, 0.1) is 0 Å². The van der Waals surface area contributed by atoms with Crippen molar-refractivity contribution in [2.45, 2.75) is 38.5 Å². The van der Waals surface area contributed by atoms with E-state index in [4.69, 9.17) is 10.7 Å². The third-order valence-electron chi connectivity index (χ3n) is 4.04. The Morgan fingerprint density at radius 1 is 1.22 bits per heavy atom. The Morgan fingerprint density at radius 3 is 2.67 bits per heavy atom. The molecular weight excluding hydrogens is 222 g/mol. The van der Waals surface area contributed by atoms with E-state index in [1.165, 1.54) is 42.3 Å². The molecule has 0 radical (unpaired) electrons. The first kappa shape index (κ1) is 11.7. The smallest absolute Gasteiger partial charge is 0.109 e. The molecule has 2 aromatic rings. The van der Waals surface area contributed by atoms with Crippen molar-refractivity contribution in [2.75, 3.05) is 6.54 Å². The van der Waals surface area contributed by atoms with Crippen LogP contribution in [-0.2, 0) is 26.3 Å². The van der Waals surface area contributed by atoms with E-state index in [1.807, 2.05) is 0 Å². The quantitative estimate of drug-likeness (QED) is 0.899. The number of imidazole rings is 1. The summed E-state index contributed by atoms with van der Waals surface area (Å²) in [7, 11) is 2.12. The molecule has 3 rings (SSSR count). The lowest BCUT2D eigenvalue weighted by Crippen LogP contribution is -2.04. The first-order chi connectivity index (χ1) is 8.79. The molecule has 2 N–H and O–H groups in total. The summed E-state index contributed by atoms with van der Waals surface area (Å²) in [5, 5.41) is 0. The Bertz CT molecular complexity index is 569. The van der Waals surface area contributed by atoms with Gasteiger partial charge in [0.1, 0.15) is 5.82 Å². The molecule has 0 atom stereocenters. The van der Waals surface area contributed by atoms with Crippen LogP contribution >= 0.6 is 0 Å². The number of nitrogens with zero attached hydrogens (tertiary/aromatic N) is 2. The molecule has 1 aromatic heterocycles. The summed E-state index contributed by atoms with van der Waals surface area (Å²) in [6.07, 6.45) is 7.10. The van der Waals surface area contributed by atoms with Gasteiger partial charge in [-0.15, -0.1) is 0 Å². The van der Waals surface area contributed by atoms with Crippen LogP contribution in [0.2, 0.25) is 0 Å². The molecule has 0 aliphatic heterocycles. The number of fused-ring (bicyclic) bond motifs is 2. The molecule has 0 saturated heterocycles. The lowest BCUT2D eigenvalue weighted by atomic mass is 9.91. The summed E-state index contributed by atoms with van der Waals surface area (Å²) in [5.41, 5.74) is 11.1. The zero-order valence-corrected chi connectivity index (χ0v) is 11.1. The van der Waals surface area contributed by atoms with Crippen molar-refractivity contribution in [3.05, 3.63) is 29.1 Å². The van der Waals surface area contributed by atoms with Crippen LogP contribution in [0.1, 0.15) is 36.2 Å². The number of benzene rings is 1. The predicted molar refractivity (Wildman–Crippen MR) is 74.7 cm³/mol. The fourth-order valence-corrected chi connectivity index (χ4v) is 2.95. The lowest BCUT2D eigenvalue weighted by Gasteiger charge is -2.15. The minimum Gasteiger partial charge on any atom is -0.331 e. The molecule has 0 amide bonds. The molecule has 0 unspecified atom stereocenters. The summed E-state index contributed by atoms with van der Waals surface area (Å²) >= 11 is 0. The van der Waals surface area contributed by atoms with E-state index >= 15 is 0 Å². The summed E-state index contributed by atoms with van der Waals surface area (Å²) in [4.78, 5) is 4.77. The normalized spacial score (nSPS) is 15.0. The van der Waals surface area contributed by atoms with Gasteiger partial charge >= 0.3 is 0 Å². The zero-order chi connectivity index (χ0) is 12.5. The molecule has 3 nitrogen and oxygen atoms in total. The van der Waals surface area contributed by atoms with Gasteiger partial charge in [-0.2, -0.15) is 0 Å². The molecule has 0 spiro atoms. The van der Waals surface area contributed by atoms with Crippen LogP contribution in [0.5, 0.6) is 0 Å². The third kappa shape index (κ3) is 1.93. The number of nitrogens with two attached hydrogens (primary N) is 1. The molecule has 0 fully saturated rings. The van der Waals surface area contributed by atoms with Gasteiger partial charge in [0.25, 0.3) is 0 Å². The summed E-state index contributed by atoms with van der Waals surface area (Å²) in [5.74, 6) is 1.16. The van der Waals surface area contributed by atoms with Crippen molar-refractivity contribution in [1.29, 1.82) is 0 Å². The van der Waals surface area contributed by atoms with Crippen LogP contribution in [0.4, 0.5) is 0 Å². The maximum absolute atomic E-state index is 5.58. The second kappa shape index (κ2) is 4.73. The van der Waals surface area contributed by atoms with Gasteiger partial charge in [0.05, 0.1) is 11.0 Å².